The second kappa shape index (κ2) is 7.04. The summed E-state index contributed by atoms with van der Waals surface area (Å²) in [4.78, 5) is 0. The van der Waals surface area contributed by atoms with E-state index in [1.54, 1.807) is 0 Å². The molecule has 19 heavy (non-hydrogen) atoms. The van der Waals surface area contributed by atoms with E-state index >= 15 is 0 Å². The smallest absolute Gasteiger partial charge is 0.125 e. The van der Waals surface area contributed by atoms with Gasteiger partial charge in [0.15, 0.2) is 0 Å². The normalized spacial score (nSPS) is 20.1. The van der Waals surface area contributed by atoms with Gasteiger partial charge in [-0.25, -0.2) is 0 Å². The third-order valence-electron chi connectivity index (χ3n) is 4.07. The van der Waals surface area contributed by atoms with Gasteiger partial charge in [0.1, 0.15) is 5.60 Å². The minimum atomic E-state index is -1.06. The van der Waals surface area contributed by atoms with Gasteiger partial charge in [0.05, 0.1) is 6.61 Å². The summed E-state index contributed by atoms with van der Waals surface area (Å²) in [5.74, 6) is 0.659. The minimum absolute atomic E-state index is 0.182. The third-order valence-corrected chi connectivity index (χ3v) is 4.07. The second-order valence-electron chi connectivity index (χ2n) is 5.62. The lowest BCUT2D eigenvalue weighted by atomic mass is 9.90. The van der Waals surface area contributed by atoms with Crippen molar-refractivity contribution >= 4 is 0 Å². The summed E-state index contributed by atoms with van der Waals surface area (Å²) >= 11 is 0. The van der Waals surface area contributed by atoms with Crippen molar-refractivity contribution in [3.8, 4) is 0 Å². The fourth-order valence-corrected chi connectivity index (χ4v) is 2.76. The molecule has 1 saturated carbocycles. The molecule has 3 N–H and O–H groups in total. The van der Waals surface area contributed by atoms with E-state index in [1.165, 1.54) is 32.1 Å². The molecule has 0 bridgehead atoms. The van der Waals surface area contributed by atoms with Crippen LogP contribution >= 0.6 is 0 Å². The summed E-state index contributed by atoms with van der Waals surface area (Å²) < 4.78 is 5.75. The van der Waals surface area contributed by atoms with E-state index in [9.17, 15) is 5.11 Å². The Balaban J connectivity index is 1.85. The Morgan fingerprint density at radius 2 is 1.84 bits per heavy atom. The molecular weight excluding hydrogens is 238 g/mol. The number of nitrogens with two attached hydrogens (primary N) is 1. The molecule has 0 radical (unpaired) electrons. The Kier molecular flexibility index (Phi) is 5.37. The first-order valence-electron chi connectivity index (χ1n) is 7.30. The van der Waals surface area contributed by atoms with Crippen LogP contribution in [0.4, 0.5) is 0 Å². The molecule has 0 aromatic heterocycles. The van der Waals surface area contributed by atoms with Crippen LogP contribution in [-0.4, -0.2) is 24.9 Å². The summed E-state index contributed by atoms with van der Waals surface area (Å²) in [7, 11) is 0. The quantitative estimate of drug-likeness (QED) is 0.829. The zero-order valence-corrected chi connectivity index (χ0v) is 11.6. The van der Waals surface area contributed by atoms with E-state index in [1.807, 2.05) is 30.3 Å². The van der Waals surface area contributed by atoms with E-state index < -0.39 is 5.60 Å². The molecule has 1 aromatic rings. The summed E-state index contributed by atoms with van der Waals surface area (Å²) in [6, 6.07) is 9.56. The van der Waals surface area contributed by atoms with E-state index in [0.717, 1.165) is 12.2 Å². The van der Waals surface area contributed by atoms with Crippen molar-refractivity contribution in [2.24, 2.45) is 11.7 Å². The Morgan fingerprint density at radius 1 is 1.16 bits per heavy atom. The van der Waals surface area contributed by atoms with E-state index in [4.69, 9.17) is 10.5 Å². The molecule has 106 valence electrons. The average molecular weight is 263 g/mol. The molecular formula is C16H25NO2. The van der Waals surface area contributed by atoms with Crippen LogP contribution in [0.15, 0.2) is 30.3 Å². The predicted molar refractivity (Wildman–Crippen MR) is 76.8 cm³/mol. The molecule has 1 aromatic carbocycles. The number of rotatable bonds is 6. The number of hydrogen-bond donors (Lipinski definition) is 2. The third kappa shape index (κ3) is 4.03. The van der Waals surface area contributed by atoms with Crippen molar-refractivity contribution in [2.45, 2.75) is 37.7 Å². The van der Waals surface area contributed by atoms with Crippen molar-refractivity contribution in [1.29, 1.82) is 0 Å². The van der Waals surface area contributed by atoms with E-state index in [0.29, 0.717) is 5.92 Å². The van der Waals surface area contributed by atoms with Gasteiger partial charge in [0, 0.05) is 13.2 Å². The number of aliphatic hydroxyl groups is 1. The largest absolute Gasteiger partial charge is 0.381 e. The van der Waals surface area contributed by atoms with Gasteiger partial charge in [-0.2, -0.15) is 0 Å². The molecule has 0 saturated heterocycles. The Bertz CT molecular complexity index is 362. The van der Waals surface area contributed by atoms with Crippen molar-refractivity contribution in [1.82, 2.24) is 0 Å². The standard InChI is InChI=1S/C16H25NO2/c17-12-16(18,15-9-5-2-6-10-15)13-19-11-14-7-3-1-4-8-14/h2,5-6,9-10,14,18H,1,3-4,7-8,11-13,17H2. The van der Waals surface area contributed by atoms with Gasteiger partial charge in [0.25, 0.3) is 0 Å². The number of ether oxygens (including phenoxy) is 1. The van der Waals surface area contributed by atoms with Crippen LogP contribution in [0.1, 0.15) is 37.7 Å². The maximum atomic E-state index is 10.6. The first-order chi connectivity index (χ1) is 9.24. The van der Waals surface area contributed by atoms with Crippen LogP contribution in [0.3, 0.4) is 0 Å². The van der Waals surface area contributed by atoms with Crippen LogP contribution in [0, 0.1) is 5.92 Å². The fourth-order valence-electron chi connectivity index (χ4n) is 2.76. The maximum Gasteiger partial charge on any atom is 0.125 e. The van der Waals surface area contributed by atoms with Gasteiger partial charge in [0.2, 0.25) is 0 Å². The van der Waals surface area contributed by atoms with Gasteiger partial charge in [-0.3, -0.25) is 0 Å². The molecule has 0 heterocycles. The molecule has 1 aliphatic carbocycles. The minimum Gasteiger partial charge on any atom is -0.381 e. The molecule has 3 heteroatoms. The Hall–Kier alpha value is -0.900. The zero-order chi connectivity index (χ0) is 13.6. The van der Waals surface area contributed by atoms with Gasteiger partial charge in [-0.15, -0.1) is 0 Å². The van der Waals surface area contributed by atoms with Crippen molar-refractivity contribution in [3.63, 3.8) is 0 Å². The Morgan fingerprint density at radius 3 is 2.47 bits per heavy atom. The topological polar surface area (TPSA) is 55.5 Å². The van der Waals surface area contributed by atoms with Crippen molar-refractivity contribution in [3.05, 3.63) is 35.9 Å². The average Bonchev–Trinajstić information content (AvgIpc) is 2.49. The first-order valence-corrected chi connectivity index (χ1v) is 7.30. The lowest BCUT2D eigenvalue weighted by molar-refractivity contribution is -0.0549. The molecule has 1 aliphatic rings. The monoisotopic (exact) mass is 263 g/mol. The molecule has 0 spiro atoms. The van der Waals surface area contributed by atoms with Crippen LogP contribution in [0.2, 0.25) is 0 Å². The highest BCUT2D eigenvalue weighted by molar-refractivity contribution is 5.22. The lowest BCUT2D eigenvalue weighted by Crippen LogP contribution is -2.40. The molecule has 1 atom stereocenters. The molecule has 0 aliphatic heterocycles. The highest BCUT2D eigenvalue weighted by Gasteiger charge is 2.28. The highest BCUT2D eigenvalue weighted by Crippen LogP contribution is 2.25. The zero-order valence-electron chi connectivity index (χ0n) is 11.6. The van der Waals surface area contributed by atoms with Crippen molar-refractivity contribution < 1.29 is 9.84 Å². The van der Waals surface area contributed by atoms with Gasteiger partial charge in [-0.1, -0.05) is 49.6 Å². The Labute approximate surface area is 115 Å². The number of hydrogen-bond acceptors (Lipinski definition) is 3. The van der Waals surface area contributed by atoms with Crippen LogP contribution < -0.4 is 5.73 Å². The van der Waals surface area contributed by atoms with E-state index in [-0.39, 0.29) is 13.2 Å². The summed E-state index contributed by atoms with van der Waals surface area (Å²) in [5.41, 5.74) is 5.50. The van der Waals surface area contributed by atoms with Crippen LogP contribution in [-0.2, 0) is 10.3 Å². The van der Waals surface area contributed by atoms with Gasteiger partial charge in [-0.05, 0) is 24.3 Å². The van der Waals surface area contributed by atoms with Gasteiger partial charge < -0.3 is 15.6 Å². The summed E-state index contributed by atoms with van der Waals surface area (Å²) in [6.45, 7) is 1.21. The predicted octanol–water partition coefficient (Wildman–Crippen LogP) is 2.43. The summed E-state index contributed by atoms with van der Waals surface area (Å²) in [5, 5.41) is 10.6. The molecule has 0 amide bonds. The van der Waals surface area contributed by atoms with Crippen molar-refractivity contribution in [2.75, 3.05) is 19.8 Å². The second-order valence-corrected chi connectivity index (χ2v) is 5.62. The first kappa shape index (κ1) is 14.5. The molecule has 1 unspecified atom stereocenters. The van der Waals surface area contributed by atoms with Gasteiger partial charge >= 0.3 is 0 Å². The molecule has 2 rings (SSSR count). The molecule has 3 nitrogen and oxygen atoms in total. The lowest BCUT2D eigenvalue weighted by Gasteiger charge is -2.28. The number of benzene rings is 1. The van der Waals surface area contributed by atoms with Crippen LogP contribution in [0.5, 0.6) is 0 Å². The summed E-state index contributed by atoms with van der Waals surface area (Å²) in [6.07, 6.45) is 6.49. The fraction of sp³-hybridized carbons (Fsp3) is 0.625. The SMILES string of the molecule is NCC(O)(COCC1CCCCC1)c1ccccc1. The maximum absolute atomic E-state index is 10.6. The highest BCUT2D eigenvalue weighted by atomic mass is 16.5. The van der Waals surface area contributed by atoms with E-state index in [2.05, 4.69) is 0 Å². The molecule has 1 fully saturated rings. The van der Waals surface area contributed by atoms with Crippen LogP contribution in [0.25, 0.3) is 0 Å².